The van der Waals surface area contributed by atoms with Crippen LogP contribution in [0.3, 0.4) is 0 Å². The van der Waals surface area contributed by atoms with E-state index in [0.717, 1.165) is 42.6 Å². The molecule has 0 unspecified atom stereocenters. The molecular formula is C25H35N3O4Si. The fraction of sp³-hybridized carbons (Fsp3) is 0.560. The molecule has 33 heavy (non-hydrogen) atoms. The molecule has 0 atom stereocenters. The van der Waals surface area contributed by atoms with Gasteiger partial charge in [0.15, 0.2) is 8.32 Å². The van der Waals surface area contributed by atoms with E-state index < -0.39 is 14.3 Å². The largest absolute Gasteiger partial charge is 0.465 e. The second-order valence-corrected chi connectivity index (χ2v) is 15.6. The maximum Gasteiger partial charge on any atom is 0.338 e. The number of hydrogen-bond acceptors (Lipinski definition) is 5. The molecule has 7 nitrogen and oxygen atoms in total. The van der Waals surface area contributed by atoms with Gasteiger partial charge in [0.05, 0.1) is 29.9 Å². The van der Waals surface area contributed by atoms with E-state index in [1.807, 2.05) is 17.4 Å². The Kier molecular flexibility index (Phi) is 6.03. The van der Waals surface area contributed by atoms with Gasteiger partial charge in [0.25, 0.3) is 5.56 Å². The summed E-state index contributed by atoms with van der Waals surface area (Å²) >= 11 is 0. The van der Waals surface area contributed by atoms with Crippen LogP contribution in [0.25, 0.3) is 16.6 Å². The molecule has 8 heteroatoms. The van der Waals surface area contributed by atoms with Crippen LogP contribution in [-0.4, -0.2) is 41.9 Å². The molecule has 1 fully saturated rings. The molecule has 1 saturated carbocycles. The van der Waals surface area contributed by atoms with Crippen LogP contribution in [0.1, 0.15) is 74.1 Å². The van der Waals surface area contributed by atoms with E-state index in [-0.39, 0.29) is 16.5 Å². The van der Waals surface area contributed by atoms with Gasteiger partial charge in [-0.1, -0.05) is 20.8 Å². The van der Waals surface area contributed by atoms with Crippen molar-refractivity contribution in [2.24, 2.45) is 0 Å². The first kappa shape index (κ1) is 23.7. The molecule has 1 aliphatic rings. The number of carbonyl (C=O) groups excluding carboxylic acids is 1. The van der Waals surface area contributed by atoms with Crippen LogP contribution in [0.2, 0.25) is 18.1 Å². The van der Waals surface area contributed by atoms with E-state index >= 15 is 0 Å². The minimum atomic E-state index is -1.80. The summed E-state index contributed by atoms with van der Waals surface area (Å²) in [5.41, 5.74) is 3.02. The predicted octanol–water partition coefficient (Wildman–Crippen LogP) is 5.32. The van der Waals surface area contributed by atoms with Crippen molar-refractivity contribution < 1.29 is 14.0 Å². The first-order valence-corrected chi connectivity index (χ1v) is 14.6. The van der Waals surface area contributed by atoms with Gasteiger partial charge in [0, 0.05) is 12.0 Å². The quantitative estimate of drug-likeness (QED) is 0.413. The second kappa shape index (κ2) is 8.40. The van der Waals surface area contributed by atoms with Gasteiger partial charge in [-0.05, 0) is 68.4 Å². The van der Waals surface area contributed by atoms with Gasteiger partial charge in [0.1, 0.15) is 11.3 Å². The Balaban J connectivity index is 1.67. The third kappa shape index (κ3) is 4.26. The summed E-state index contributed by atoms with van der Waals surface area (Å²) in [6.45, 7) is 13.3. The van der Waals surface area contributed by atoms with E-state index in [0.29, 0.717) is 22.7 Å². The van der Waals surface area contributed by atoms with Crippen molar-refractivity contribution in [3.05, 3.63) is 45.6 Å². The average molecular weight is 470 g/mol. The van der Waals surface area contributed by atoms with Crippen molar-refractivity contribution in [2.75, 3.05) is 7.11 Å². The molecule has 0 amide bonds. The number of ether oxygens (including phenoxy) is 1. The van der Waals surface area contributed by atoms with Crippen LogP contribution >= 0.6 is 0 Å². The molecule has 0 radical (unpaired) electrons. The zero-order chi connectivity index (χ0) is 24.1. The number of carbonyl (C=O) groups is 1. The predicted molar refractivity (Wildman–Crippen MR) is 133 cm³/mol. The van der Waals surface area contributed by atoms with Crippen LogP contribution in [0, 0.1) is 6.92 Å². The lowest BCUT2D eigenvalue weighted by molar-refractivity contribution is 0.0600. The number of nitrogens with zero attached hydrogens (tertiary/aromatic N) is 2. The Morgan fingerprint density at radius 2 is 1.82 bits per heavy atom. The molecule has 0 bridgehead atoms. The topological polar surface area (TPSA) is 85.7 Å². The number of benzene rings is 1. The minimum Gasteiger partial charge on any atom is -0.465 e. The fourth-order valence-corrected chi connectivity index (χ4v) is 6.02. The van der Waals surface area contributed by atoms with Crippen molar-refractivity contribution in [1.82, 2.24) is 14.4 Å². The molecule has 2 heterocycles. The van der Waals surface area contributed by atoms with Gasteiger partial charge in [0.2, 0.25) is 0 Å². The van der Waals surface area contributed by atoms with E-state index in [1.54, 1.807) is 12.3 Å². The second-order valence-electron chi connectivity index (χ2n) is 10.8. The average Bonchev–Trinajstić information content (AvgIpc) is 3.19. The van der Waals surface area contributed by atoms with Crippen molar-refractivity contribution in [1.29, 1.82) is 0 Å². The highest BCUT2D eigenvalue weighted by Crippen LogP contribution is 2.41. The molecule has 1 aliphatic carbocycles. The summed E-state index contributed by atoms with van der Waals surface area (Å²) in [5.74, 6) is 0.760. The van der Waals surface area contributed by atoms with Crippen LogP contribution in [0.5, 0.6) is 0 Å². The lowest BCUT2D eigenvalue weighted by Crippen LogP contribution is -2.44. The molecule has 2 aromatic heterocycles. The van der Waals surface area contributed by atoms with Crippen LogP contribution in [-0.2, 0) is 9.16 Å². The number of aromatic nitrogens is 3. The molecule has 3 aromatic rings. The highest BCUT2D eigenvalue weighted by atomic mass is 28.4. The number of aryl methyl sites for hydroxylation is 1. The standard InChI is InChI=1S/C25H35N3O4Si/c1-15-12-20-19(13-18(15)24(30)31-5)27-23(29)21-14-26-22(28(20)21)16-8-10-17(11-9-16)32-33(6,7)25(2,3)4/h12-14,16-17H,8-11H2,1-7H3,(H,27,29)/t16-,17+. The van der Waals surface area contributed by atoms with Crippen LogP contribution in [0.4, 0.5) is 0 Å². The van der Waals surface area contributed by atoms with Crippen molar-refractivity contribution in [2.45, 2.75) is 83.5 Å². The van der Waals surface area contributed by atoms with Crippen molar-refractivity contribution >= 4 is 30.8 Å². The number of fused-ring (bicyclic) bond motifs is 3. The molecular weight excluding hydrogens is 434 g/mol. The number of methoxy groups -OCH3 is 1. The lowest BCUT2D eigenvalue weighted by atomic mass is 9.87. The number of esters is 1. The highest BCUT2D eigenvalue weighted by Gasteiger charge is 2.40. The number of nitrogens with one attached hydrogen (secondary N) is 1. The maximum absolute atomic E-state index is 12.8. The van der Waals surface area contributed by atoms with Gasteiger partial charge in [-0.25, -0.2) is 9.78 Å². The van der Waals surface area contributed by atoms with Gasteiger partial charge in [-0.2, -0.15) is 0 Å². The van der Waals surface area contributed by atoms with Gasteiger partial charge >= 0.3 is 5.97 Å². The maximum atomic E-state index is 12.8. The van der Waals surface area contributed by atoms with E-state index in [9.17, 15) is 9.59 Å². The van der Waals surface area contributed by atoms with E-state index in [4.69, 9.17) is 14.1 Å². The summed E-state index contributed by atoms with van der Waals surface area (Å²) in [5, 5.41) is 0.198. The van der Waals surface area contributed by atoms with Crippen molar-refractivity contribution in [3.63, 3.8) is 0 Å². The van der Waals surface area contributed by atoms with Crippen LogP contribution < -0.4 is 5.56 Å². The third-order valence-electron chi connectivity index (χ3n) is 7.57. The normalized spacial score (nSPS) is 19.8. The Morgan fingerprint density at radius 1 is 1.15 bits per heavy atom. The van der Waals surface area contributed by atoms with E-state index in [2.05, 4.69) is 38.8 Å². The minimum absolute atomic E-state index is 0.198. The monoisotopic (exact) mass is 469 g/mol. The fourth-order valence-electron chi connectivity index (χ4n) is 4.59. The summed E-state index contributed by atoms with van der Waals surface area (Å²) in [4.78, 5) is 32.5. The first-order valence-electron chi connectivity index (χ1n) is 11.7. The summed E-state index contributed by atoms with van der Waals surface area (Å²) in [6.07, 6.45) is 5.91. The van der Waals surface area contributed by atoms with Gasteiger partial charge < -0.3 is 14.1 Å². The number of hydrogen-bond donors (Lipinski definition) is 1. The lowest BCUT2D eigenvalue weighted by Gasteiger charge is -2.41. The van der Waals surface area contributed by atoms with Gasteiger partial charge in [-0.15, -0.1) is 0 Å². The third-order valence-corrected chi connectivity index (χ3v) is 12.1. The summed E-state index contributed by atoms with van der Waals surface area (Å²) in [7, 11) is -0.438. The zero-order valence-electron chi connectivity index (χ0n) is 20.7. The van der Waals surface area contributed by atoms with E-state index in [1.165, 1.54) is 7.11 Å². The molecule has 178 valence electrons. The SMILES string of the molecule is COC(=O)c1cc2[nH]c(=O)c3cnc([C@H]4CC[C@@H](O[Si](C)(C)C(C)(C)C)CC4)n3c2cc1C. The molecule has 0 saturated heterocycles. The molecule has 0 aliphatic heterocycles. The molecule has 0 spiro atoms. The van der Waals surface area contributed by atoms with Crippen molar-refractivity contribution in [3.8, 4) is 0 Å². The first-order chi connectivity index (χ1) is 15.4. The Labute approximate surface area is 195 Å². The Bertz CT molecular complexity index is 1260. The number of H-pyrrole nitrogens is 1. The molecule has 1 aromatic carbocycles. The number of imidazole rings is 1. The van der Waals surface area contributed by atoms with Crippen LogP contribution in [0.15, 0.2) is 23.1 Å². The Morgan fingerprint density at radius 3 is 2.42 bits per heavy atom. The van der Waals surface area contributed by atoms with Gasteiger partial charge in [-0.3, -0.25) is 9.20 Å². The molecule has 1 N–H and O–H groups in total. The highest BCUT2D eigenvalue weighted by molar-refractivity contribution is 6.74. The summed E-state index contributed by atoms with van der Waals surface area (Å²) < 4.78 is 13.5. The zero-order valence-corrected chi connectivity index (χ0v) is 21.7. The Hall–Kier alpha value is -2.45. The number of rotatable bonds is 4. The summed E-state index contributed by atoms with van der Waals surface area (Å²) in [6, 6.07) is 3.63. The smallest absolute Gasteiger partial charge is 0.338 e. The number of aromatic amines is 1. The molecule has 4 rings (SSSR count).